The number of urea groups is 1. The number of fused-ring (bicyclic) bond motifs is 5. The summed E-state index contributed by atoms with van der Waals surface area (Å²) >= 11 is 0. The number of hydrogen-bond acceptors (Lipinski definition) is 6. The summed E-state index contributed by atoms with van der Waals surface area (Å²) in [6.07, 6.45) is 32.9. The summed E-state index contributed by atoms with van der Waals surface area (Å²) in [6, 6.07) is -0.159. The molecular formula is C53H93N6O5+. The van der Waals surface area contributed by atoms with E-state index in [1.165, 1.54) is 108 Å². The molecule has 6 rings (SSSR count). The molecule has 0 aromatic carbocycles. The first-order valence-electron chi connectivity index (χ1n) is 26.6. The van der Waals surface area contributed by atoms with Crippen molar-refractivity contribution in [3.05, 3.63) is 24.6 Å². The van der Waals surface area contributed by atoms with Crippen LogP contribution in [0.3, 0.4) is 0 Å². The maximum atomic E-state index is 13.9. The zero-order valence-corrected chi connectivity index (χ0v) is 41.4. The lowest BCUT2D eigenvalue weighted by molar-refractivity contribution is -0.784. The van der Waals surface area contributed by atoms with E-state index < -0.39 is 5.54 Å². The van der Waals surface area contributed by atoms with Gasteiger partial charge >= 0.3 is 6.03 Å². The molecule has 9 atom stereocenters. The standard InChI is InChI=1S/C53H92N6O5/c1-7-9-10-11-12-18-33-58(48(61)23-19-21-42-25-27-45-44-26-24-41-20-15-17-29-50(41,3)46(44)28-31-51(42,45)4)39-43-40-59(57-43)34-36-64-38-37-63-35-32-54-47(60)22-14-13-16-30-53(6)52(5,8-2)55-49(62)56-53/h8,40-42,44-46,57H,2,7,9-39H2,1,3-6H3,(H,54,60)(H2,55,56,62)/p+1/t41?,42-,44?,45?,46?,50-,51+,52+,53+/m0/s1. The Morgan fingerprint density at radius 3 is 2.39 bits per heavy atom. The van der Waals surface area contributed by atoms with Crippen LogP contribution in [0.2, 0.25) is 0 Å². The number of rotatable bonds is 29. The van der Waals surface area contributed by atoms with Gasteiger partial charge in [0.25, 0.3) is 0 Å². The van der Waals surface area contributed by atoms with Crippen LogP contribution >= 0.6 is 0 Å². The number of nitrogens with zero attached hydrogens (tertiary/aromatic N) is 2. The molecule has 0 radical (unpaired) electrons. The normalized spacial score (nSPS) is 33.0. The van der Waals surface area contributed by atoms with Gasteiger partial charge in [-0.3, -0.25) is 9.59 Å². The van der Waals surface area contributed by atoms with Crippen molar-refractivity contribution in [2.75, 3.05) is 52.6 Å². The van der Waals surface area contributed by atoms with E-state index in [4.69, 9.17) is 9.47 Å². The molecule has 11 heteroatoms. The maximum Gasteiger partial charge on any atom is 0.316 e. The van der Waals surface area contributed by atoms with Crippen molar-refractivity contribution in [3.63, 3.8) is 0 Å². The molecule has 364 valence electrons. The Bertz CT molecular complexity index is 1560. The van der Waals surface area contributed by atoms with Crippen LogP contribution in [0.4, 0.5) is 4.79 Å². The van der Waals surface area contributed by atoms with E-state index in [0.717, 1.165) is 87.7 Å². The maximum absolute atomic E-state index is 13.9. The van der Waals surface area contributed by atoms with Gasteiger partial charge in [0.15, 0.2) is 5.70 Å². The number of nitrogens with one attached hydrogen (secondary N) is 3. The Balaban J connectivity index is 0.817. The highest BCUT2D eigenvalue weighted by Crippen LogP contribution is 2.68. The second kappa shape index (κ2) is 23.9. The summed E-state index contributed by atoms with van der Waals surface area (Å²) < 4.78 is 11.5. The molecule has 0 spiro atoms. The molecule has 0 aromatic rings. The Hall–Kier alpha value is -2.63. The van der Waals surface area contributed by atoms with Gasteiger partial charge in [0.1, 0.15) is 6.20 Å². The van der Waals surface area contributed by atoms with Crippen molar-refractivity contribution in [3.8, 4) is 0 Å². The minimum Gasteiger partial charge on any atom is -0.377 e. The van der Waals surface area contributed by atoms with Gasteiger partial charge in [-0.15, -0.1) is 6.58 Å². The first-order valence-corrected chi connectivity index (χ1v) is 26.6. The fraction of sp³-hybridized carbons (Fsp3) is 0.868. The Labute approximate surface area is 389 Å². The van der Waals surface area contributed by atoms with Crippen molar-refractivity contribution >= 4 is 17.8 Å². The van der Waals surface area contributed by atoms with Gasteiger partial charge in [0.2, 0.25) is 11.8 Å². The van der Waals surface area contributed by atoms with Crippen molar-refractivity contribution in [2.45, 2.75) is 200 Å². The number of carbonyl (C=O) groups excluding carboxylic acids is 3. The van der Waals surface area contributed by atoms with Gasteiger partial charge in [-0.1, -0.05) is 84.6 Å². The quantitative estimate of drug-likeness (QED) is 0.0337. The van der Waals surface area contributed by atoms with E-state index in [0.29, 0.717) is 62.6 Å². The fourth-order valence-corrected chi connectivity index (χ4v) is 13.9. The highest BCUT2D eigenvalue weighted by atomic mass is 16.5. The Kier molecular flexibility index (Phi) is 19.0. The summed E-state index contributed by atoms with van der Waals surface area (Å²) in [5.74, 6) is 5.00. The molecule has 11 nitrogen and oxygen atoms in total. The van der Waals surface area contributed by atoms with Crippen molar-refractivity contribution in [2.24, 2.45) is 40.4 Å². The van der Waals surface area contributed by atoms with Crippen LogP contribution in [0.25, 0.3) is 0 Å². The molecule has 4 unspecified atom stereocenters. The minimum atomic E-state index is -0.483. The fourth-order valence-electron chi connectivity index (χ4n) is 13.9. The monoisotopic (exact) mass is 894 g/mol. The molecule has 0 bridgehead atoms. The highest BCUT2D eigenvalue weighted by Gasteiger charge is 2.59. The predicted molar refractivity (Wildman–Crippen MR) is 257 cm³/mol. The number of amides is 4. The van der Waals surface area contributed by atoms with Gasteiger partial charge in [0.05, 0.1) is 50.6 Å². The summed E-state index contributed by atoms with van der Waals surface area (Å²) in [6.45, 7) is 20.5. The smallest absolute Gasteiger partial charge is 0.316 e. The van der Waals surface area contributed by atoms with Crippen LogP contribution in [0.5, 0.6) is 0 Å². The molecule has 2 aliphatic heterocycles. The van der Waals surface area contributed by atoms with Gasteiger partial charge in [0, 0.05) is 25.9 Å². The lowest BCUT2D eigenvalue weighted by Gasteiger charge is -2.60. The third-order valence-electron chi connectivity index (χ3n) is 18.2. The molecule has 1 saturated heterocycles. The lowest BCUT2D eigenvalue weighted by Crippen LogP contribution is -2.97. The first-order chi connectivity index (χ1) is 30.8. The van der Waals surface area contributed by atoms with Crippen LogP contribution in [0.15, 0.2) is 24.6 Å². The predicted octanol–water partition coefficient (Wildman–Crippen LogP) is 9.15. The molecular weight excluding hydrogens is 801 g/mol. The number of unbranched alkanes of at least 4 members (excludes halogenated alkanes) is 7. The van der Waals surface area contributed by atoms with Gasteiger partial charge < -0.3 is 30.3 Å². The van der Waals surface area contributed by atoms with Gasteiger partial charge in [-0.25, -0.2) is 15.2 Å². The van der Waals surface area contributed by atoms with Crippen LogP contribution in [0.1, 0.15) is 189 Å². The van der Waals surface area contributed by atoms with E-state index in [9.17, 15) is 14.4 Å². The van der Waals surface area contributed by atoms with E-state index in [1.54, 1.807) is 6.08 Å². The molecule has 64 heavy (non-hydrogen) atoms. The number of hydrogen-bond donors (Lipinski definition) is 4. The number of carbonyl (C=O) groups is 3. The zero-order chi connectivity index (χ0) is 45.6. The average Bonchev–Trinajstić information content (AvgIpc) is 3.72. The summed E-state index contributed by atoms with van der Waals surface area (Å²) in [5, 5.41) is 11.1. The van der Waals surface area contributed by atoms with Crippen LogP contribution in [-0.2, 0) is 19.1 Å². The summed E-state index contributed by atoms with van der Waals surface area (Å²) in [4.78, 5) is 40.3. The van der Waals surface area contributed by atoms with Gasteiger partial charge in [-0.2, -0.15) is 0 Å². The number of ether oxygens (including phenoxy) is 2. The zero-order valence-electron chi connectivity index (χ0n) is 41.4. The van der Waals surface area contributed by atoms with E-state index >= 15 is 0 Å². The van der Waals surface area contributed by atoms with E-state index in [2.05, 4.69) is 64.8 Å². The van der Waals surface area contributed by atoms with Crippen LogP contribution in [0, 0.1) is 40.4 Å². The third kappa shape index (κ3) is 12.7. The molecule has 5 fully saturated rings. The van der Waals surface area contributed by atoms with Crippen LogP contribution < -0.4 is 21.4 Å². The van der Waals surface area contributed by atoms with Gasteiger partial charge in [-0.05, 0) is 138 Å². The van der Waals surface area contributed by atoms with E-state index in [-0.39, 0.29) is 17.5 Å². The number of nitrogens with two attached hydrogens (primary N) is 1. The minimum absolute atomic E-state index is 0.0415. The molecule has 2 heterocycles. The lowest BCUT2D eigenvalue weighted by atomic mass is 9.45. The molecule has 5 N–H and O–H groups in total. The third-order valence-corrected chi connectivity index (χ3v) is 18.2. The van der Waals surface area contributed by atoms with Crippen LogP contribution in [-0.4, -0.2) is 91.4 Å². The van der Waals surface area contributed by atoms with Crippen molar-refractivity contribution in [1.82, 2.24) is 25.9 Å². The average molecular weight is 894 g/mol. The molecule has 4 amide bonds. The van der Waals surface area contributed by atoms with Crippen molar-refractivity contribution < 1.29 is 29.3 Å². The van der Waals surface area contributed by atoms with Crippen molar-refractivity contribution in [1.29, 1.82) is 0 Å². The Morgan fingerprint density at radius 1 is 0.844 bits per heavy atom. The summed E-state index contributed by atoms with van der Waals surface area (Å²) in [7, 11) is 0. The SMILES string of the molecule is C=C[C@@]1(C)NC(=O)N[C@]1(C)CCCCCC(=O)NCCOCCOCCN1C=C(CN(CCCCCCCC)C(=O)CCC[C@H]2CCC3C4CCC5CCCC[C@]5(C)C4CC[C@@]32C)[NH2+]1. The Morgan fingerprint density at radius 2 is 1.59 bits per heavy atom. The first kappa shape index (κ1) is 50.8. The highest BCUT2D eigenvalue weighted by molar-refractivity contribution is 5.80. The number of quaternary nitrogens is 1. The molecule has 4 aliphatic carbocycles. The largest absolute Gasteiger partial charge is 0.377 e. The topological polar surface area (TPSA) is 129 Å². The molecule has 4 saturated carbocycles. The summed E-state index contributed by atoms with van der Waals surface area (Å²) in [5.41, 5.74) is 3.65. The second-order valence-electron chi connectivity index (χ2n) is 22.2. The second-order valence-corrected chi connectivity index (χ2v) is 22.2. The molecule has 0 aromatic heterocycles. The van der Waals surface area contributed by atoms with E-state index in [1.807, 2.05) is 13.8 Å². The molecule has 6 aliphatic rings.